The van der Waals surface area contributed by atoms with Crippen LogP contribution in [-0.4, -0.2) is 30.2 Å². The number of carbonyl (C=O) groups is 4. The SMILES string of the molecule is Cc1cccc(C)c1N1C[C@H](C(=O)Oc2ccc(N3C(=O)[C@H]4CC=CC[C@H]4C3=O)cc2)CC1=O. The highest BCUT2D eigenvalue weighted by molar-refractivity contribution is 6.22. The zero-order chi connectivity index (χ0) is 24.0. The number of fused-ring (bicyclic) bond motifs is 1. The van der Waals surface area contributed by atoms with E-state index in [4.69, 9.17) is 4.74 Å². The highest BCUT2D eigenvalue weighted by atomic mass is 16.5. The zero-order valence-corrected chi connectivity index (χ0v) is 19.2. The molecule has 7 nitrogen and oxygen atoms in total. The van der Waals surface area contributed by atoms with Gasteiger partial charge in [-0.1, -0.05) is 30.4 Å². The summed E-state index contributed by atoms with van der Waals surface area (Å²) < 4.78 is 5.54. The van der Waals surface area contributed by atoms with Crippen molar-refractivity contribution in [1.82, 2.24) is 0 Å². The molecule has 2 fully saturated rings. The van der Waals surface area contributed by atoms with Crippen molar-refractivity contribution in [2.24, 2.45) is 17.8 Å². The summed E-state index contributed by atoms with van der Waals surface area (Å²) in [7, 11) is 0. The van der Waals surface area contributed by atoms with Gasteiger partial charge in [0.1, 0.15) is 5.75 Å². The number of aryl methyl sites for hydroxylation is 2. The second-order valence-electron chi connectivity index (χ2n) is 9.23. The molecule has 1 aliphatic carbocycles. The summed E-state index contributed by atoms with van der Waals surface area (Å²) in [5, 5.41) is 0. The van der Waals surface area contributed by atoms with Crippen LogP contribution in [0.5, 0.6) is 5.75 Å². The molecule has 7 heteroatoms. The molecule has 0 unspecified atom stereocenters. The molecular formula is C27H26N2O5. The summed E-state index contributed by atoms with van der Waals surface area (Å²) in [6.07, 6.45) is 5.17. The van der Waals surface area contributed by atoms with E-state index in [9.17, 15) is 19.2 Å². The summed E-state index contributed by atoms with van der Waals surface area (Å²) in [6, 6.07) is 12.2. The molecule has 2 aromatic carbocycles. The van der Waals surface area contributed by atoms with E-state index < -0.39 is 11.9 Å². The molecule has 34 heavy (non-hydrogen) atoms. The number of nitrogens with zero attached hydrogens (tertiary/aromatic N) is 2. The Hall–Kier alpha value is -3.74. The fourth-order valence-corrected chi connectivity index (χ4v) is 5.23. The minimum absolute atomic E-state index is 0.0955. The molecule has 2 saturated heterocycles. The summed E-state index contributed by atoms with van der Waals surface area (Å²) >= 11 is 0. The highest BCUT2D eigenvalue weighted by Gasteiger charge is 2.47. The number of allylic oxidation sites excluding steroid dienone is 2. The molecule has 0 spiro atoms. The van der Waals surface area contributed by atoms with Crippen LogP contribution < -0.4 is 14.5 Å². The van der Waals surface area contributed by atoms with Crippen LogP contribution in [0, 0.1) is 31.6 Å². The minimum atomic E-state index is -0.566. The zero-order valence-electron chi connectivity index (χ0n) is 19.2. The van der Waals surface area contributed by atoms with Gasteiger partial charge in [0.15, 0.2) is 0 Å². The summed E-state index contributed by atoms with van der Waals surface area (Å²) in [5.74, 6) is -1.78. The van der Waals surface area contributed by atoms with Crippen LogP contribution in [0.15, 0.2) is 54.6 Å². The quantitative estimate of drug-likeness (QED) is 0.302. The Kier molecular flexibility index (Phi) is 5.55. The lowest BCUT2D eigenvalue weighted by Gasteiger charge is -2.21. The normalized spacial score (nSPS) is 24.1. The average Bonchev–Trinajstić information content (AvgIpc) is 3.32. The summed E-state index contributed by atoms with van der Waals surface area (Å²) in [4.78, 5) is 53.9. The summed E-state index contributed by atoms with van der Waals surface area (Å²) in [6.45, 7) is 4.17. The molecule has 2 aliphatic heterocycles. The van der Waals surface area contributed by atoms with Crippen LogP contribution in [0.4, 0.5) is 11.4 Å². The Labute approximate surface area is 198 Å². The van der Waals surface area contributed by atoms with Gasteiger partial charge < -0.3 is 9.64 Å². The van der Waals surface area contributed by atoms with Crippen LogP contribution in [0.1, 0.15) is 30.4 Å². The molecule has 0 radical (unpaired) electrons. The van der Waals surface area contributed by atoms with E-state index >= 15 is 0 Å². The van der Waals surface area contributed by atoms with E-state index in [-0.39, 0.29) is 42.5 Å². The maximum absolute atomic E-state index is 12.8. The Bertz CT molecular complexity index is 1170. The van der Waals surface area contributed by atoms with Crippen molar-refractivity contribution >= 4 is 35.1 Å². The molecule has 5 rings (SSSR count). The van der Waals surface area contributed by atoms with Crippen molar-refractivity contribution in [2.75, 3.05) is 16.3 Å². The minimum Gasteiger partial charge on any atom is -0.426 e. The number of hydrogen-bond acceptors (Lipinski definition) is 5. The number of para-hydroxylation sites is 1. The van der Waals surface area contributed by atoms with Gasteiger partial charge in [-0.3, -0.25) is 24.1 Å². The monoisotopic (exact) mass is 458 g/mol. The lowest BCUT2D eigenvalue weighted by Crippen LogP contribution is -2.30. The number of rotatable bonds is 4. The second kappa shape index (κ2) is 8.56. The number of amides is 3. The smallest absolute Gasteiger partial charge is 0.316 e. The molecule has 2 heterocycles. The summed E-state index contributed by atoms with van der Waals surface area (Å²) in [5.41, 5.74) is 3.29. The van der Waals surface area contributed by atoms with Crippen LogP contribution in [-0.2, 0) is 19.2 Å². The van der Waals surface area contributed by atoms with Gasteiger partial charge >= 0.3 is 5.97 Å². The Morgan fingerprint density at radius 2 is 1.47 bits per heavy atom. The van der Waals surface area contributed by atoms with Gasteiger partial charge in [-0.05, 0) is 62.1 Å². The maximum atomic E-state index is 12.8. The first-order chi connectivity index (χ1) is 16.3. The molecular weight excluding hydrogens is 432 g/mol. The van der Waals surface area contributed by atoms with Gasteiger partial charge in [-0.2, -0.15) is 0 Å². The number of ether oxygens (including phenoxy) is 1. The lowest BCUT2D eigenvalue weighted by molar-refractivity contribution is -0.139. The molecule has 0 bridgehead atoms. The van der Waals surface area contributed by atoms with Crippen molar-refractivity contribution < 1.29 is 23.9 Å². The maximum Gasteiger partial charge on any atom is 0.316 e. The fourth-order valence-electron chi connectivity index (χ4n) is 5.23. The van der Waals surface area contributed by atoms with Crippen LogP contribution in [0.3, 0.4) is 0 Å². The molecule has 3 amide bonds. The number of carbonyl (C=O) groups excluding carboxylic acids is 4. The molecule has 3 atom stereocenters. The Morgan fingerprint density at radius 3 is 2.06 bits per heavy atom. The number of anilines is 2. The average molecular weight is 459 g/mol. The van der Waals surface area contributed by atoms with Crippen LogP contribution >= 0.6 is 0 Å². The predicted octanol–water partition coefficient (Wildman–Crippen LogP) is 3.72. The standard InChI is InChI=1S/C27H26N2O5/c1-16-6-5-7-17(2)24(16)28-15-18(14-23(28)30)27(33)34-20-12-10-19(11-13-20)29-25(31)21-8-3-4-9-22(21)26(29)32/h3-7,10-13,18,21-22H,8-9,14-15H2,1-2H3/t18-,21-,22+/m1/s1. The third kappa shape index (κ3) is 3.71. The number of hydrogen-bond donors (Lipinski definition) is 0. The van der Waals surface area contributed by atoms with Gasteiger partial charge in [0, 0.05) is 18.7 Å². The first kappa shape index (κ1) is 22.1. The van der Waals surface area contributed by atoms with E-state index in [2.05, 4.69) is 0 Å². The van der Waals surface area contributed by atoms with Crippen molar-refractivity contribution in [1.29, 1.82) is 0 Å². The second-order valence-corrected chi connectivity index (χ2v) is 9.23. The van der Waals surface area contributed by atoms with E-state index in [1.54, 1.807) is 29.2 Å². The van der Waals surface area contributed by atoms with Gasteiger partial charge in [-0.25, -0.2) is 0 Å². The van der Waals surface area contributed by atoms with E-state index in [1.807, 2.05) is 44.2 Å². The molecule has 0 N–H and O–H groups in total. The Morgan fingerprint density at radius 1 is 0.882 bits per heavy atom. The van der Waals surface area contributed by atoms with Gasteiger partial charge in [0.2, 0.25) is 17.7 Å². The lowest BCUT2D eigenvalue weighted by atomic mass is 9.85. The molecule has 2 aromatic rings. The van der Waals surface area contributed by atoms with Gasteiger partial charge in [0.05, 0.1) is 23.4 Å². The number of imide groups is 1. The third-order valence-electron chi connectivity index (χ3n) is 6.99. The van der Waals surface area contributed by atoms with Crippen LogP contribution in [0.25, 0.3) is 0 Å². The first-order valence-corrected chi connectivity index (χ1v) is 11.6. The van der Waals surface area contributed by atoms with E-state index in [0.717, 1.165) is 16.8 Å². The van der Waals surface area contributed by atoms with Crippen molar-refractivity contribution in [2.45, 2.75) is 33.1 Å². The first-order valence-electron chi connectivity index (χ1n) is 11.6. The number of benzene rings is 2. The number of esters is 1. The molecule has 0 aromatic heterocycles. The van der Waals surface area contributed by atoms with Gasteiger partial charge in [0.25, 0.3) is 0 Å². The highest BCUT2D eigenvalue weighted by Crippen LogP contribution is 2.38. The molecule has 3 aliphatic rings. The Balaban J connectivity index is 1.26. The molecule has 0 saturated carbocycles. The van der Waals surface area contributed by atoms with Crippen molar-refractivity contribution in [3.05, 3.63) is 65.7 Å². The fraction of sp³-hybridized carbons (Fsp3) is 0.333. The van der Waals surface area contributed by atoms with Gasteiger partial charge in [-0.15, -0.1) is 0 Å². The predicted molar refractivity (Wildman–Crippen MR) is 126 cm³/mol. The van der Waals surface area contributed by atoms with E-state index in [1.165, 1.54) is 4.90 Å². The molecule has 174 valence electrons. The topological polar surface area (TPSA) is 84.0 Å². The van der Waals surface area contributed by atoms with Crippen molar-refractivity contribution in [3.8, 4) is 5.75 Å². The van der Waals surface area contributed by atoms with Crippen LogP contribution in [0.2, 0.25) is 0 Å². The third-order valence-corrected chi connectivity index (χ3v) is 6.99. The van der Waals surface area contributed by atoms with E-state index in [0.29, 0.717) is 24.3 Å². The van der Waals surface area contributed by atoms with Crippen molar-refractivity contribution in [3.63, 3.8) is 0 Å². The largest absolute Gasteiger partial charge is 0.426 e.